The van der Waals surface area contributed by atoms with Crippen LogP contribution in [0.2, 0.25) is 0 Å². The van der Waals surface area contributed by atoms with Crippen LogP contribution in [0, 0.1) is 0 Å². The molecule has 3 N–H and O–H groups in total. The van der Waals surface area contributed by atoms with E-state index in [2.05, 4.69) is 25.8 Å². The first-order chi connectivity index (χ1) is 9.38. The van der Waals surface area contributed by atoms with E-state index in [1.54, 1.807) is 10.7 Å². The van der Waals surface area contributed by atoms with Gasteiger partial charge in [-0.15, -0.1) is 0 Å². The number of sulfonamides is 1. The fraction of sp³-hybridized carbons (Fsp3) is 0.250. The molecule has 6 nitrogen and oxygen atoms in total. The Morgan fingerprint density at radius 1 is 1.40 bits per heavy atom. The van der Waals surface area contributed by atoms with Crippen molar-refractivity contribution in [3.63, 3.8) is 0 Å². The minimum absolute atomic E-state index is 0.180. The summed E-state index contributed by atoms with van der Waals surface area (Å²) in [6.45, 7) is 0.293. The van der Waals surface area contributed by atoms with Crippen LogP contribution in [0.15, 0.2) is 39.8 Å². The van der Waals surface area contributed by atoms with Crippen LogP contribution in [0.1, 0.15) is 5.69 Å². The number of aryl methyl sites for hydroxylation is 1. The molecule has 0 radical (unpaired) electrons. The van der Waals surface area contributed by atoms with Crippen LogP contribution >= 0.6 is 15.9 Å². The summed E-state index contributed by atoms with van der Waals surface area (Å²) in [6, 6.07) is 6.37. The molecule has 0 aliphatic carbocycles. The average molecular weight is 359 g/mol. The molecule has 1 aromatic heterocycles. The zero-order valence-electron chi connectivity index (χ0n) is 10.9. The summed E-state index contributed by atoms with van der Waals surface area (Å²) in [5.41, 5.74) is 6.98. The van der Waals surface area contributed by atoms with Crippen molar-refractivity contribution in [1.29, 1.82) is 0 Å². The summed E-state index contributed by atoms with van der Waals surface area (Å²) < 4.78 is 29.0. The van der Waals surface area contributed by atoms with Gasteiger partial charge in [-0.25, -0.2) is 13.1 Å². The molecule has 0 fully saturated rings. The van der Waals surface area contributed by atoms with Gasteiger partial charge < -0.3 is 5.73 Å². The molecule has 0 spiro atoms. The molecular weight excluding hydrogens is 344 g/mol. The highest BCUT2D eigenvalue weighted by molar-refractivity contribution is 9.10. The van der Waals surface area contributed by atoms with Gasteiger partial charge in [0, 0.05) is 36.4 Å². The van der Waals surface area contributed by atoms with Crippen molar-refractivity contribution in [3.05, 3.63) is 40.6 Å². The van der Waals surface area contributed by atoms with Crippen LogP contribution in [-0.2, 0) is 23.5 Å². The topological polar surface area (TPSA) is 90.0 Å². The minimum Gasteiger partial charge on any atom is -0.398 e. The van der Waals surface area contributed by atoms with Crippen molar-refractivity contribution in [2.45, 2.75) is 11.3 Å². The van der Waals surface area contributed by atoms with Gasteiger partial charge in [-0.3, -0.25) is 4.68 Å². The second kappa shape index (κ2) is 5.94. The second-order valence-corrected chi connectivity index (χ2v) is 6.93. The van der Waals surface area contributed by atoms with Gasteiger partial charge >= 0.3 is 0 Å². The van der Waals surface area contributed by atoms with E-state index in [0.717, 1.165) is 5.69 Å². The summed E-state index contributed by atoms with van der Waals surface area (Å²) in [5, 5.41) is 4.19. The number of nitrogens with one attached hydrogen (secondary N) is 1. The quantitative estimate of drug-likeness (QED) is 0.787. The smallest absolute Gasteiger partial charge is 0.240 e. The fourth-order valence-electron chi connectivity index (χ4n) is 1.67. The second-order valence-electron chi connectivity index (χ2n) is 4.31. The molecule has 0 saturated heterocycles. The zero-order chi connectivity index (χ0) is 14.8. The number of rotatable bonds is 5. The molecule has 0 saturated carbocycles. The Bertz CT molecular complexity index is 712. The van der Waals surface area contributed by atoms with Crippen LogP contribution < -0.4 is 10.5 Å². The highest BCUT2D eigenvalue weighted by Gasteiger charge is 2.14. The number of anilines is 1. The Balaban J connectivity index is 2.02. The highest BCUT2D eigenvalue weighted by Crippen LogP contribution is 2.22. The molecular formula is C12H15BrN4O2S. The number of nitrogens with two attached hydrogens (primary N) is 1. The number of aromatic nitrogens is 2. The van der Waals surface area contributed by atoms with Gasteiger partial charge in [0.05, 0.1) is 10.6 Å². The van der Waals surface area contributed by atoms with Gasteiger partial charge in [0.2, 0.25) is 10.0 Å². The van der Waals surface area contributed by atoms with Crippen molar-refractivity contribution < 1.29 is 8.42 Å². The Hall–Kier alpha value is -1.38. The normalized spacial score (nSPS) is 11.7. The molecule has 0 unspecified atom stereocenters. The molecule has 2 aromatic rings. The first kappa shape index (κ1) is 15.0. The number of halogens is 1. The summed E-state index contributed by atoms with van der Waals surface area (Å²) in [7, 11) is -1.71. The first-order valence-electron chi connectivity index (χ1n) is 5.92. The van der Waals surface area contributed by atoms with Crippen LogP contribution in [0.4, 0.5) is 5.69 Å². The van der Waals surface area contributed by atoms with Crippen molar-refractivity contribution in [3.8, 4) is 0 Å². The van der Waals surface area contributed by atoms with Crippen molar-refractivity contribution in [1.82, 2.24) is 14.5 Å². The SMILES string of the molecule is Cn1ccc(CCNS(=O)(=O)c2ccc(N)c(Br)c2)n1. The van der Waals surface area contributed by atoms with E-state index >= 15 is 0 Å². The van der Waals surface area contributed by atoms with Crippen molar-refractivity contribution in [2.24, 2.45) is 7.05 Å². The maximum Gasteiger partial charge on any atom is 0.240 e. The van der Waals surface area contributed by atoms with Crippen LogP contribution in [0.25, 0.3) is 0 Å². The van der Waals surface area contributed by atoms with E-state index in [9.17, 15) is 8.42 Å². The largest absolute Gasteiger partial charge is 0.398 e. The molecule has 1 aromatic carbocycles. The number of hydrogen-bond acceptors (Lipinski definition) is 4. The van der Waals surface area contributed by atoms with Gasteiger partial charge in [-0.05, 0) is 40.2 Å². The van der Waals surface area contributed by atoms with Crippen molar-refractivity contribution >= 4 is 31.6 Å². The van der Waals surface area contributed by atoms with E-state index in [4.69, 9.17) is 5.73 Å². The molecule has 8 heteroatoms. The molecule has 0 amide bonds. The predicted molar refractivity (Wildman–Crippen MR) is 80.7 cm³/mol. The van der Waals surface area contributed by atoms with E-state index in [1.807, 2.05) is 19.3 Å². The van der Waals surface area contributed by atoms with E-state index < -0.39 is 10.0 Å². The van der Waals surface area contributed by atoms with Gasteiger partial charge in [0.1, 0.15) is 0 Å². The Kier molecular flexibility index (Phi) is 4.46. The number of nitrogen functional groups attached to an aromatic ring is 1. The maximum absolute atomic E-state index is 12.1. The standard InChI is InChI=1S/C12H15BrN4O2S/c1-17-7-5-9(16-17)4-6-15-20(18,19)10-2-3-12(14)11(13)8-10/h2-3,5,7-8,15H,4,6,14H2,1H3. The summed E-state index contributed by atoms with van der Waals surface area (Å²) >= 11 is 3.22. The van der Waals surface area contributed by atoms with Gasteiger partial charge in [0.25, 0.3) is 0 Å². The molecule has 108 valence electrons. The molecule has 1 heterocycles. The summed E-state index contributed by atoms with van der Waals surface area (Å²) in [4.78, 5) is 0.180. The highest BCUT2D eigenvalue weighted by atomic mass is 79.9. The maximum atomic E-state index is 12.1. The number of nitrogens with zero attached hydrogens (tertiary/aromatic N) is 2. The zero-order valence-corrected chi connectivity index (χ0v) is 13.3. The predicted octanol–water partition coefficient (Wildman–Crippen LogP) is 1.29. The molecule has 20 heavy (non-hydrogen) atoms. The van der Waals surface area contributed by atoms with Crippen LogP contribution in [0.5, 0.6) is 0 Å². The Labute approximate surface area is 126 Å². The molecule has 0 aliphatic heterocycles. The van der Waals surface area contributed by atoms with Gasteiger partial charge in [0.15, 0.2) is 0 Å². The van der Waals surface area contributed by atoms with Gasteiger partial charge in [-0.2, -0.15) is 5.10 Å². The lowest BCUT2D eigenvalue weighted by Crippen LogP contribution is -2.26. The monoisotopic (exact) mass is 358 g/mol. The Morgan fingerprint density at radius 2 is 2.15 bits per heavy atom. The number of hydrogen-bond donors (Lipinski definition) is 2. The lowest BCUT2D eigenvalue weighted by atomic mass is 10.3. The summed E-state index contributed by atoms with van der Waals surface area (Å²) in [5.74, 6) is 0. The van der Waals surface area contributed by atoms with E-state index in [-0.39, 0.29) is 4.90 Å². The summed E-state index contributed by atoms with van der Waals surface area (Å²) in [6.07, 6.45) is 2.36. The lowest BCUT2D eigenvalue weighted by Gasteiger charge is -2.07. The third kappa shape index (κ3) is 3.59. The molecule has 0 bridgehead atoms. The van der Waals surface area contributed by atoms with Crippen LogP contribution in [-0.4, -0.2) is 24.7 Å². The Morgan fingerprint density at radius 3 is 2.75 bits per heavy atom. The number of benzene rings is 1. The molecule has 2 rings (SSSR count). The third-order valence-electron chi connectivity index (χ3n) is 2.72. The van der Waals surface area contributed by atoms with E-state index in [0.29, 0.717) is 23.1 Å². The van der Waals surface area contributed by atoms with Crippen molar-refractivity contribution in [2.75, 3.05) is 12.3 Å². The fourth-order valence-corrected chi connectivity index (χ4v) is 3.26. The van der Waals surface area contributed by atoms with Gasteiger partial charge in [-0.1, -0.05) is 0 Å². The van der Waals surface area contributed by atoms with Crippen LogP contribution in [0.3, 0.4) is 0 Å². The molecule has 0 aliphatic rings. The lowest BCUT2D eigenvalue weighted by molar-refractivity contribution is 0.581. The molecule has 0 atom stereocenters. The minimum atomic E-state index is -3.53. The first-order valence-corrected chi connectivity index (χ1v) is 8.19. The van der Waals surface area contributed by atoms with E-state index in [1.165, 1.54) is 12.1 Å². The third-order valence-corrected chi connectivity index (χ3v) is 4.87. The average Bonchev–Trinajstić information content (AvgIpc) is 2.78.